The van der Waals surface area contributed by atoms with E-state index in [-0.39, 0.29) is 28.7 Å². The molecule has 2 aromatic carbocycles. The summed E-state index contributed by atoms with van der Waals surface area (Å²) in [5.74, 6) is 0.0599. The van der Waals surface area contributed by atoms with Gasteiger partial charge in [0.2, 0.25) is 15.9 Å². The van der Waals surface area contributed by atoms with Gasteiger partial charge in [0.1, 0.15) is 0 Å². The molecule has 1 fully saturated rings. The molecule has 132 valence electrons. The third-order valence-corrected chi connectivity index (χ3v) is 5.77. The molecule has 0 radical (unpaired) electrons. The molecule has 1 amide bonds. The molecule has 0 spiro atoms. The lowest BCUT2D eigenvalue weighted by atomic mass is 10.1. The average molecular weight is 379 g/mol. The van der Waals surface area contributed by atoms with Crippen molar-refractivity contribution in [2.75, 3.05) is 0 Å². The zero-order valence-electron chi connectivity index (χ0n) is 13.6. The minimum Gasteiger partial charge on any atom is -0.349 e. The standard InChI is InChI=1S/C18H19ClN2O3S/c1-11(12-6-8-13(9-7-12)25(20,23)24)21-18(22)16-10-15(16)14-4-2-3-5-17(14)19/h2-9,11,15-16H,10H2,1H3,(H,21,22)(H2,20,23,24). The Balaban J connectivity index is 1.63. The van der Waals surface area contributed by atoms with Gasteiger partial charge in [-0.2, -0.15) is 0 Å². The van der Waals surface area contributed by atoms with Gasteiger partial charge in [-0.05, 0) is 48.6 Å². The molecular formula is C18H19ClN2O3S. The van der Waals surface area contributed by atoms with Crippen LogP contribution in [0.25, 0.3) is 0 Å². The Morgan fingerprint density at radius 1 is 1.20 bits per heavy atom. The number of primary sulfonamides is 1. The SMILES string of the molecule is CC(NC(=O)C1CC1c1ccccc1Cl)c1ccc(S(N)(=O)=O)cc1. The highest BCUT2D eigenvalue weighted by Crippen LogP contribution is 2.49. The van der Waals surface area contributed by atoms with E-state index >= 15 is 0 Å². The van der Waals surface area contributed by atoms with Gasteiger partial charge >= 0.3 is 0 Å². The first-order valence-corrected chi connectivity index (χ1v) is 9.87. The zero-order valence-corrected chi connectivity index (χ0v) is 15.2. The molecule has 0 aliphatic heterocycles. The first kappa shape index (κ1) is 17.9. The molecule has 1 aliphatic carbocycles. The summed E-state index contributed by atoms with van der Waals surface area (Å²) in [7, 11) is -3.71. The highest BCUT2D eigenvalue weighted by Gasteiger charge is 2.45. The fourth-order valence-corrected chi connectivity index (χ4v) is 3.75. The van der Waals surface area contributed by atoms with Crippen LogP contribution in [0.1, 0.15) is 36.4 Å². The molecule has 3 rings (SSSR count). The van der Waals surface area contributed by atoms with E-state index in [4.69, 9.17) is 16.7 Å². The van der Waals surface area contributed by atoms with Crippen molar-refractivity contribution in [3.05, 3.63) is 64.7 Å². The largest absolute Gasteiger partial charge is 0.349 e. The Hall–Kier alpha value is -1.89. The maximum atomic E-state index is 12.4. The van der Waals surface area contributed by atoms with Gasteiger partial charge in [-0.1, -0.05) is 41.9 Å². The molecule has 0 bridgehead atoms. The van der Waals surface area contributed by atoms with Crippen LogP contribution in [0.4, 0.5) is 0 Å². The number of hydrogen-bond donors (Lipinski definition) is 2. The maximum Gasteiger partial charge on any atom is 0.238 e. The maximum absolute atomic E-state index is 12.4. The Kier molecular flexibility index (Phi) is 4.86. The highest BCUT2D eigenvalue weighted by atomic mass is 35.5. The number of carbonyl (C=O) groups excluding carboxylic acids is 1. The molecule has 2 aromatic rings. The minimum atomic E-state index is -3.71. The van der Waals surface area contributed by atoms with Crippen LogP contribution in [0.2, 0.25) is 5.02 Å². The fraction of sp³-hybridized carbons (Fsp3) is 0.278. The van der Waals surface area contributed by atoms with Crippen LogP contribution in [0, 0.1) is 5.92 Å². The Morgan fingerprint density at radius 2 is 1.84 bits per heavy atom. The molecule has 3 atom stereocenters. The number of nitrogens with one attached hydrogen (secondary N) is 1. The number of hydrogen-bond acceptors (Lipinski definition) is 3. The van der Waals surface area contributed by atoms with E-state index in [2.05, 4.69) is 5.32 Å². The van der Waals surface area contributed by atoms with Crippen molar-refractivity contribution < 1.29 is 13.2 Å². The van der Waals surface area contributed by atoms with Crippen LogP contribution in [-0.2, 0) is 14.8 Å². The second-order valence-electron chi connectivity index (χ2n) is 6.31. The lowest BCUT2D eigenvalue weighted by molar-refractivity contribution is -0.123. The van der Waals surface area contributed by atoms with Gasteiger partial charge in [0, 0.05) is 10.9 Å². The lowest BCUT2D eigenvalue weighted by Gasteiger charge is -2.15. The van der Waals surface area contributed by atoms with Crippen LogP contribution in [0.15, 0.2) is 53.4 Å². The molecule has 7 heteroatoms. The van der Waals surface area contributed by atoms with E-state index in [0.29, 0.717) is 5.02 Å². The normalized spacial score (nSPS) is 20.8. The number of benzene rings is 2. The Labute approximate surface area is 152 Å². The average Bonchev–Trinajstić information content (AvgIpc) is 3.35. The molecule has 1 aliphatic rings. The number of halogens is 1. The van der Waals surface area contributed by atoms with Gasteiger partial charge in [-0.25, -0.2) is 13.6 Å². The summed E-state index contributed by atoms with van der Waals surface area (Å²) in [5, 5.41) is 8.75. The Morgan fingerprint density at radius 3 is 2.44 bits per heavy atom. The highest BCUT2D eigenvalue weighted by molar-refractivity contribution is 7.89. The molecule has 3 unspecified atom stereocenters. The van der Waals surface area contributed by atoms with Gasteiger partial charge in [0.25, 0.3) is 0 Å². The van der Waals surface area contributed by atoms with Crippen molar-refractivity contribution in [3.8, 4) is 0 Å². The molecule has 0 heterocycles. The van der Waals surface area contributed by atoms with Crippen LogP contribution < -0.4 is 10.5 Å². The van der Waals surface area contributed by atoms with Crippen molar-refractivity contribution in [2.45, 2.75) is 30.2 Å². The quantitative estimate of drug-likeness (QED) is 0.838. The summed E-state index contributed by atoms with van der Waals surface area (Å²) in [6, 6.07) is 13.5. The second-order valence-corrected chi connectivity index (χ2v) is 8.28. The van der Waals surface area contributed by atoms with Crippen molar-refractivity contribution in [3.63, 3.8) is 0 Å². The first-order valence-electron chi connectivity index (χ1n) is 7.95. The summed E-state index contributed by atoms with van der Waals surface area (Å²) in [6.45, 7) is 1.86. The number of carbonyl (C=O) groups is 1. The lowest BCUT2D eigenvalue weighted by Crippen LogP contribution is -2.28. The summed E-state index contributed by atoms with van der Waals surface area (Å²) in [5.41, 5.74) is 1.82. The fourth-order valence-electron chi connectivity index (χ4n) is 2.95. The number of rotatable bonds is 5. The third kappa shape index (κ3) is 4.03. The zero-order chi connectivity index (χ0) is 18.2. The Bertz CT molecular complexity index is 897. The van der Waals surface area contributed by atoms with E-state index in [0.717, 1.165) is 17.5 Å². The predicted octanol–water partition coefficient (Wildman–Crippen LogP) is 2.97. The van der Waals surface area contributed by atoms with Crippen LogP contribution in [0.5, 0.6) is 0 Å². The van der Waals surface area contributed by atoms with E-state index in [1.807, 2.05) is 31.2 Å². The van der Waals surface area contributed by atoms with Crippen molar-refractivity contribution in [2.24, 2.45) is 11.1 Å². The summed E-state index contributed by atoms with van der Waals surface area (Å²) in [4.78, 5) is 12.5. The first-order chi connectivity index (χ1) is 11.8. The predicted molar refractivity (Wildman–Crippen MR) is 96.7 cm³/mol. The van der Waals surface area contributed by atoms with Crippen molar-refractivity contribution in [1.82, 2.24) is 5.32 Å². The van der Waals surface area contributed by atoms with E-state index in [9.17, 15) is 13.2 Å². The van der Waals surface area contributed by atoms with E-state index in [1.165, 1.54) is 12.1 Å². The minimum absolute atomic E-state index is 0.0204. The molecule has 3 N–H and O–H groups in total. The molecule has 1 saturated carbocycles. The summed E-state index contributed by atoms with van der Waals surface area (Å²) < 4.78 is 22.6. The summed E-state index contributed by atoms with van der Waals surface area (Å²) in [6.07, 6.45) is 0.784. The van der Waals surface area contributed by atoms with Gasteiger partial charge in [0.05, 0.1) is 10.9 Å². The molecule has 5 nitrogen and oxygen atoms in total. The van der Waals surface area contributed by atoms with E-state index < -0.39 is 10.0 Å². The monoisotopic (exact) mass is 378 g/mol. The van der Waals surface area contributed by atoms with Crippen molar-refractivity contribution in [1.29, 1.82) is 0 Å². The molecule has 0 saturated heterocycles. The molecule has 25 heavy (non-hydrogen) atoms. The van der Waals surface area contributed by atoms with Gasteiger partial charge in [-0.15, -0.1) is 0 Å². The van der Waals surface area contributed by atoms with E-state index in [1.54, 1.807) is 12.1 Å². The number of sulfonamides is 1. The third-order valence-electron chi connectivity index (χ3n) is 4.50. The second kappa shape index (κ2) is 6.78. The van der Waals surface area contributed by atoms with Crippen molar-refractivity contribution >= 4 is 27.5 Å². The smallest absolute Gasteiger partial charge is 0.238 e. The van der Waals surface area contributed by atoms with Crippen LogP contribution >= 0.6 is 11.6 Å². The van der Waals surface area contributed by atoms with Crippen LogP contribution in [-0.4, -0.2) is 14.3 Å². The number of amides is 1. The number of nitrogens with two attached hydrogens (primary N) is 1. The molecule has 0 aromatic heterocycles. The topological polar surface area (TPSA) is 89.3 Å². The van der Waals surface area contributed by atoms with Gasteiger partial charge in [-0.3, -0.25) is 4.79 Å². The summed E-state index contributed by atoms with van der Waals surface area (Å²) >= 11 is 6.19. The van der Waals surface area contributed by atoms with Gasteiger partial charge in [0.15, 0.2) is 0 Å². The van der Waals surface area contributed by atoms with Crippen LogP contribution in [0.3, 0.4) is 0 Å². The molecular weight excluding hydrogens is 360 g/mol. The van der Waals surface area contributed by atoms with Gasteiger partial charge < -0.3 is 5.32 Å².